The van der Waals surface area contributed by atoms with Gasteiger partial charge in [-0.3, -0.25) is 9.69 Å². The third-order valence-electron chi connectivity index (χ3n) is 2.98. The number of nitrogens with one attached hydrogen (secondary N) is 1. The fourth-order valence-corrected chi connectivity index (χ4v) is 1.88. The van der Waals surface area contributed by atoms with E-state index in [0.717, 1.165) is 19.6 Å². The van der Waals surface area contributed by atoms with Crippen molar-refractivity contribution in [2.75, 3.05) is 45.1 Å². The second-order valence-electron chi connectivity index (χ2n) is 4.27. The number of carbonyl (C=O) groups is 1. The summed E-state index contributed by atoms with van der Waals surface area (Å²) in [4.78, 5) is 17.5. The highest BCUT2D eigenvalue weighted by molar-refractivity contribution is 5.95. The van der Waals surface area contributed by atoms with E-state index in [0.29, 0.717) is 19.8 Å². The fourth-order valence-electron chi connectivity index (χ4n) is 1.88. The lowest BCUT2D eigenvalue weighted by Crippen LogP contribution is -2.41. The van der Waals surface area contributed by atoms with Crippen LogP contribution < -0.4 is 11.1 Å². The minimum absolute atomic E-state index is 0.0746. The number of hydrogen-bond donors (Lipinski definition) is 2. The largest absolute Gasteiger partial charge is 0.381 e. The minimum atomic E-state index is -0.772. The van der Waals surface area contributed by atoms with Crippen LogP contribution in [0.4, 0.5) is 10.2 Å². The highest BCUT2D eigenvalue weighted by Gasteiger charge is 2.15. The number of pyridine rings is 1. The molecule has 0 atom stereocenters. The van der Waals surface area contributed by atoms with Crippen LogP contribution in [0.5, 0.6) is 0 Å². The zero-order valence-electron chi connectivity index (χ0n) is 10.6. The van der Waals surface area contributed by atoms with Crippen molar-refractivity contribution >= 4 is 11.7 Å². The Morgan fingerprint density at radius 1 is 1.53 bits per heavy atom. The molecule has 1 fully saturated rings. The first kappa shape index (κ1) is 13.7. The van der Waals surface area contributed by atoms with Crippen molar-refractivity contribution in [3.8, 4) is 0 Å². The summed E-state index contributed by atoms with van der Waals surface area (Å²) in [5.41, 5.74) is 5.24. The molecule has 1 aliphatic rings. The molecule has 7 heteroatoms. The van der Waals surface area contributed by atoms with Crippen molar-refractivity contribution in [2.24, 2.45) is 0 Å². The van der Waals surface area contributed by atoms with Crippen molar-refractivity contribution in [3.63, 3.8) is 0 Å². The van der Waals surface area contributed by atoms with Gasteiger partial charge in [0.25, 0.3) is 5.91 Å². The minimum Gasteiger partial charge on any atom is -0.381 e. The summed E-state index contributed by atoms with van der Waals surface area (Å²) in [6, 6.07) is 1.32. The summed E-state index contributed by atoms with van der Waals surface area (Å²) in [5, 5.41) is 2.67. The van der Waals surface area contributed by atoms with Crippen LogP contribution in [0.2, 0.25) is 0 Å². The van der Waals surface area contributed by atoms with Gasteiger partial charge in [0.05, 0.1) is 18.8 Å². The Kier molecular flexibility index (Phi) is 4.64. The SMILES string of the molecule is Nc1nccc(C(=O)NCCN2CCOCC2)c1F. The van der Waals surface area contributed by atoms with Gasteiger partial charge in [0, 0.05) is 32.4 Å². The van der Waals surface area contributed by atoms with E-state index in [-0.39, 0.29) is 11.4 Å². The van der Waals surface area contributed by atoms with Gasteiger partial charge in [-0.25, -0.2) is 9.37 Å². The molecular weight excluding hydrogens is 251 g/mol. The van der Waals surface area contributed by atoms with E-state index in [1.165, 1.54) is 12.3 Å². The number of amides is 1. The number of morpholine rings is 1. The van der Waals surface area contributed by atoms with Crippen LogP contribution in [-0.2, 0) is 4.74 Å². The molecule has 0 bridgehead atoms. The lowest BCUT2D eigenvalue weighted by atomic mass is 10.2. The van der Waals surface area contributed by atoms with E-state index in [9.17, 15) is 9.18 Å². The Hall–Kier alpha value is -1.73. The number of carbonyl (C=O) groups excluding carboxylic acids is 1. The van der Waals surface area contributed by atoms with Gasteiger partial charge < -0.3 is 15.8 Å². The molecule has 0 unspecified atom stereocenters. The first-order valence-electron chi connectivity index (χ1n) is 6.17. The topological polar surface area (TPSA) is 80.5 Å². The molecule has 1 aromatic rings. The molecule has 0 saturated carbocycles. The quantitative estimate of drug-likeness (QED) is 0.795. The first-order chi connectivity index (χ1) is 9.18. The summed E-state index contributed by atoms with van der Waals surface area (Å²) in [7, 11) is 0. The third kappa shape index (κ3) is 3.62. The Balaban J connectivity index is 1.82. The predicted octanol–water partition coefficient (Wildman–Crippen LogP) is -0.135. The van der Waals surface area contributed by atoms with Crippen LogP contribution in [0.15, 0.2) is 12.3 Å². The van der Waals surface area contributed by atoms with Gasteiger partial charge in [-0.2, -0.15) is 0 Å². The molecule has 3 N–H and O–H groups in total. The van der Waals surface area contributed by atoms with E-state index in [2.05, 4.69) is 15.2 Å². The number of nitrogen functional groups attached to an aromatic ring is 1. The van der Waals surface area contributed by atoms with Crippen molar-refractivity contribution in [3.05, 3.63) is 23.6 Å². The molecule has 2 rings (SSSR count). The van der Waals surface area contributed by atoms with Gasteiger partial charge in [-0.15, -0.1) is 0 Å². The molecule has 1 aromatic heterocycles. The monoisotopic (exact) mass is 268 g/mol. The zero-order chi connectivity index (χ0) is 13.7. The standard InChI is InChI=1S/C12H17FN4O2/c13-10-9(1-2-15-11(10)14)12(18)16-3-4-17-5-7-19-8-6-17/h1-2H,3-8H2,(H2,14,15)(H,16,18). The summed E-state index contributed by atoms with van der Waals surface area (Å²) in [6.45, 7) is 4.31. The van der Waals surface area contributed by atoms with Crippen LogP contribution >= 0.6 is 0 Å². The lowest BCUT2D eigenvalue weighted by molar-refractivity contribution is 0.0383. The van der Waals surface area contributed by atoms with Crippen LogP contribution in [0, 0.1) is 5.82 Å². The van der Waals surface area contributed by atoms with E-state index < -0.39 is 11.7 Å². The normalized spacial score (nSPS) is 16.3. The van der Waals surface area contributed by atoms with E-state index in [1.54, 1.807) is 0 Å². The fraction of sp³-hybridized carbons (Fsp3) is 0.500. The molecule has 1 amide bonds. The average Bonchev–Trinajstić information content (AvgIpc) is 2.43. The summed E-state index contributed by atoms with van der Waals surface area (Å²) in [6.07, 6.45) is 1.31. The second-order valence-corrected chi connectivity index (χ2v) is 4.27. The first-order valence-corrected chi connectivity index (χ1v) is 6.17. The number of nitrogens with zero attached hydrogens (tertiary/aromatic N) is 2. The second kappa shape index (κ2) is 6.44. The van der Waals surface area contributed by atoms with Gasteiger partial charge in [-0.05, 0) is 6.07 Å². The maximum absolute atomic E-state index is 13.6. The highest BCUT2D eigenvalue weighted by Crippen LogP contribution is 2.11. The van der Waals surface area contributed by atoms with Crippen molar-refractivity contribution in [1.82, 2.24) is 15.2 Å². The van der Waals surface area contributed by atoms with Crippen LogP contribution in [0.1, 0.15) is 10.4 Å². The van der Waals surface area contributed by atoms with Crippen LogP contribution in [-0.4, -0.2) is 55.2 Å². The number of aromatic nitrogens is 1. The van der Waals surface area contributed by atoms with Gasteiger partial charge in [-0.1, -0.05) is 0 Å². The Morgan fingerprint density at radius 3 is 3.00 bits per heavy atom. The number of nitrogens with two attached hydrogens (primary N) is 1. The third-order valence-corrected chi connectivity index (χ3v) is 2.98. The Morgan fingerprint density at radius 2 is 2.26 bits per heavy atom. The van der Waals surface area contributed by atoms with Gasteiger partial charge in [0.2, 0.25) is 0 Å². The van der Waals surface area contributed by atoms with E-state index in [1.807, 2.05) is 0 Å². The number of halogens is 1. The number of anilines is 1. The molecule has 1 saturated heterocycles. The molecule has 104 valence electrons. The molecule has 2 heterocycles. The molecule has 0 aromatic carbocycles. The van der Waals surface area contributed by atoms with E-state index >= 15 is 0 Å². The maximum Gasteiger partial charge on any atom is 0.254 e. The molecule has 19 heavy (non-hydrogen) atoms. The number of rotatable bonds is 4. The smallest absolute Gasteiger partial charge is 0.254 e. The summed E-state index contributed by atoms with van der Waals surface area (Å²) < 4.78 is 18.8. The Labute approximate surface area is 110 Å². The lowest BCUT2D eigenvalue weighted by Gasteiger charge is -2.26. The molecule has 0 radical (unpaired) electrons. The molecule has 0 aliphatic carbocycles. The van der Waals surface area contributed by atoms with Crippen molar-refractivity contribution < 1.29 is 13.9 Å². The average molecular weight is 268 g/mol. The van der Waals surface area contributed by atoms with Crippen molar-refractivity contribution in [2.45, 2.75) is 0 Å². The maximum atomic E-state index is 13.6. The number of ether oxygens (including phenoxy) is 1. The van der Waals surface area contributed by atoms with Gasteiger partial charge in [0.15, 0.2) is 11.6 Å². The Bertz CT molecular complexity index is 449. The van der Waals surface area contributed by atoms with Gasteiger partial charge >= 0.3 is 0 Å². The van der Waals surface area contributed by atoms with Crippen molar-refractivity contribution in [1.29, 1.82) is 0 Å². The van der Waals surface area contributed by atoms with E-state index in [4.69, 9.17) is 10.5 Å². The summed E-state index contributed by atoms with van der Waals surface area (Å²) in [5.74, 6) is -1.51. The molecule has 6 nitrogen and oxygen atoms in total. The summed E-state index contributed by atoms with van der Waals surface area (Å²) >= 11 is 0. The predicted molar refractivity (Wildman–Crippen MR) is 68.2 cm³/mol. The highest BCUT2D eigenvalue weighted by atomic mass is 19.1. The molecule has 0 spiro atoms. The van der Waals surface area contributed by atoms with Crippen LogP contribution in [0.25, 0.3) is 0 Å². The molecule has 1 aliphatic heterocycles. The molecular formula is C12H17FN4O2. The van der Waals surface area contributed by atoms with Gasteiger partial charge in [0.1, 0.15) is 0 Å². The van der Waals surface area contributed by atoms with Crippen LogP contribution in [0.3, 0.4) is 0 Å². The number of hydrogen-bond acceptors (Lipinski definition) is 5. The zero-order valence-corrected chi connectivity index (χ0v) is 10.6.